The summed E-state index contributed by atoms with van der Waals surface area (Å²) < 4.78 is 0. The second-order valence-corrected chi connectivity index (χ2v) is 5.01. The van der Waals surface area contributed by atoms with E-state index in [4.69, 9.17) is 0 Å². The summed E-state index contributed by atoms with van der Waals surface area (Å²) in [6.07, 6.45) is 5.58. The summed E-state index contributed by atoms with van der Waals surface area (Å²) in [4.78, 5) is 29.4. The molecule has 2 amide bonds. The molecule has 2 N–H and O–H groups in total. The largest absolute Gasteiger partial charge is 0.479 e. The van der Waals surface area contributed by atoms with Crippen LogP contribution in [0.25, 0.3) is 0 Å². The summed E-state index contributed by atoms with van der Waals surface area (Å²) in [6.45, 7) is 2.40. The Bertz CT molecular complexity index is 492. The maximum atomic E-state index is 12.3. The van der Waals surface area contributed by atoms with Crippen LogP contribution < -0.4 is 5.32 Å². The third kappa shape index (κ3) is 2.59. The molecule has 0 radical (unpaired) electrons. The van der Waals surface area contributed by atoms with E-state index in [9.17, 15) is 14.7 Å². The van der Waals surface area contributed by atoms with Gasteiger partial charge in [0.15, 0.2) is 0 Å². The number of hydrogen-bond donors (Lipinski definition) is 2. The number of aromatic nitrogens is 1. The summed E-state index contributed by atoms with van der Waals surface area (Å²) in [7, 11) is 0. The van der Waals surface area contributed by atoms with Crippen LogP contribution in [0.5, 0.6) is 0 Å². The number of aliphatic carboxylic acids is 1. The number of nitrogens with one attached hydrogen (secondary N) is 1. The van der Waals surface area contributed by atoms with Crippen LogP contribution in [0.1, 0.15) is 32.6 Å². The fourth-order valence-corrected chi connectivity index (χ4v) is 2.81. The summed E-state index contributed by atoms with van der Waals surface area (Å²) >= 11 is 0. The van der Waals surface area contributed by atoms with Crippen LogP contribution >= 0.6 is 0 Å². The van der Waals surface area contributed by atoms with Crippen molar-refractivity contribution in [3.05, 3.63) is 24.5 Å². The van der Waals surface area contributed by atoms with Crippen molar-refractivity contribution in [3.63, 3.8) is 0 Å². The molecule has 0 aliphatic carbocycles. The second kappa shape index (κ2) is 5.90. The minimum atomic E-state index is -1.07. The fourth-order valence-electron chi connectivity index (χ4n) is 2.81. The first-order chi connectivity index (χ1) is 9.60. The Hall–Kier alpha value is -2.11. The molecule has 1 aromatic heterocycles. The topological polar surface area (TPSA) is 82.5 Å². The van der Waals surface area contributed by atoms with Crippen LogP contribution in [-0.2, 0) is 4.79 Å². The Morgan fingerprint density at radius 2 is 2.35 bits per heavy atom. The Kier molecular flexibility index (Phi) is 4.22. The van der Waals surface area contributed by atoms with E-state index in [0.29, 0.717) is 31.5 Å². The van der Waals surface area contributed by atoms with Crippen molar-refractivity contribution in [1.82, 2.24) is 9.88 Å². The molecule has 0 saturated carbocycles. The standard InChI is InChI=1S/C14H19N3O3/c1-2-6-14(12(18)19)7-4-9-17(14)13(20)16-11-5-3-8-15-10-11/h3,5,8,10H,2,4,6-7,9H2,1H3,(H,16,20)(H,18,19). The zero-order valence-electron chi connectivity index (χ0n) is 11.5. The Labute approximate surface area is 117 Å². The van der Waals surface area contributed by atoms with E-state index in [1.807, 2.05) is 6.92 Å². The maximum Gasteiger partial charge on any atom is 0.329 e. The van der Waals surface area contributed by atoms with Gasteiger partial charge in [0.05, 0.1) is 11.9 Å². The lowest BCUT2D eigenvalue weighted by Gasteiger charge is -2.34. The van der Waals surface area contributed by atoms with Crippen molar-refractivity contribution in [1.29, 1.82) is 0 Å². The molecule has 6 nitrogen and oxygen atoms in total. The highest BCUT2D eigenvalue weighted by Gasteiger charge is 2.49. The van der Waals surface area contributed by atoms with Gasteiger partial charge in [0, 0.05) is 12.7 Å². The molecule has 1 atom stereocenters. The first-order valence-electron chi connectivity index (χ1n) is 6.82. The van der Waals surface area contributed by atoms with Gasteiger partial charge < -0.3 is 15.3 Å². The summed E-state index contributed by atoms with van der Waals surface area (Å²) in [5.41, 5.74) is -0.499. The van der Waals surface area contributed by atoms with Gasteiger partial charge in [-0.15, -0.1) is 0 Å². The van der Waals surface area contributed by atoms with E-state index in [-0.39, 0.29) is 6.03 Å². The zero-order valence-corrected chi connectivity index (χ0v) is 11.5. The maximum absolute atomic E-state index is 12.3. The number of carboxylic acids is 1. The van der Waals surface area contributed by atoms with Crippen molar-refractivity contribution < 1.29 is 14.7 Å². The van der Waals surface area contributed by atoms with E-state index in [2.05, 4.69) is 10.3 Å². The van der Waals surface area contributed by atoms with Crippen molar-refractivity contribution >= 4 is 17.7 Å². The molecule has 0 bridgehead atoms. The van der Waals surface area contributed by atoms with Crippen molar-refractivity contribution in [2.45, 2.75) is 38.1 Å². The van der Waals surface area contributed by atoms with E-state index in [0.717, 1.165) is 6.42 Å². The summed E-state index contributed by atoms with van der Waals surface area (Å²) in [6, 6.07) is 3.07. The molecule has 1 saturated heterocycles. The van der Waals surface area contributed by atoms with E-state index >= 15 is 0 Å². The summed E-state index contributed by atoms with van der Waals surface area (Å²) in [5.74, 6) is -0.918. The lowest BCUT2D eigenvalue weighted by atomic mass is 9.91. The number of carboxylic acid groups (broad SMARTS) is 1. The first-order valence-corrected chi connectivity index (χ1v) is 6.82. The number of amides is 2. The SMILES string of the molecule is CCCC1(C(=O)O)CCCN1C(=O)Nc1cccnc1. The monoisotopic (exact) mass is 277 g/mol. The predicted molar refractivity (Wildman–Crippen MR) is 74.5 cm³/mol. The smallest absolute Gasteiger partial charge is 0.329 e. The first kappa shape index (κ1) is 14.3. The number of anilines is 1. The molecule has 1 fully saturated rings. The van der Waals surface area contributed by atoms with Crippen LogP contribution in [0, 0.1) is 0 Å². The number of nitrogens with zero attached hydrogens (tertiary/aromatic N) is 2. The fraction of sp³-hybridized carbons (Fsp3) is 0.500. The van der Waals surface area contributed by atoms with E-state index in [1.54, 1.807) is 18.3 Å². The number of pyridine rings is 1. The van der Waals surface area contributed by atoms with Gasteiger partial charge in [-0.1, -0.05) is 13.3 Å². The number of urea groups is 1. The van der Waals surface area contributed by atoms with Gasteiger partial charge in [-0.25, -0.2) is 9.59 Å². The molecule has 1 aliphatic rings. The Balaban J connectivity index is 2.17. The quantitative estimate of drug-likeness (QED) is 0.884. The van der Waals surface area contributed by atoms with Crippen LogP contribution in [0.15, 0.2) is 24.5 Å². The third-order valence-corrected chi connectivity index (χ3v) is 3.71. The molecule has 20 heavy (non-hydrogen) atoms. The average molecular weight is 277 g/mol. The zero-order chi connectivity index (χ0) is 14.6. The molecule has 1 aromatic rings. The van der Waals surface area contributed by atoms with Crippen molar-refractivity contribution in [2.24, 2.45) is 0 Å². The highest BCUT2D eigenvalue weighted by atomic mass is 16.4. The molecule has 0 aromatic carbocycles. The molecule has 2 heterocycles. The molecule has 108 valence electrons. The molecular weight excluding hydrogens is 258 g/mol. The average Bonchev–Trinajstić information content (AvgIpc) is 2.85. The lowest BCUT2D eigenvalue weighted by molar-refractivity contribution is -0.148. The van der Waals surface area contributed by atoms with Crippen LogP contribution in [0.3, 0.4) is 0 Å². The van der Waals surface area contributed by atoms with E-state index in [1.165, 1.54) is 11.1 Å². The minimum Gasteiger partial charge on any atom is -0.479 e. The minimum absolute atomic E-state index is 0.369. The summed E-state index contributed by atoms with van der Waals surface area (Å²) in [5, 5.41) is 12.3. The van der Waals surface area contributed by atoms with Gasteiger partial charge in [0.2, 0.25) is 0 Å². The Morgan fingerprint density at radius 3 is 2.95 bits per heavy atom. The molecule has 1 aliphatic heterocycles. The van der Waals surface area contributed by atoms with Gasteiger partial charge in [-0.2, -0.15) is 0 Å². The second-order valence-electron chi connectivity index (χ2n) is 5.01. The number of carbonyl (C=O) groups excluding carboxylic acids is 1. The van der Waals surface area contributed by atoms with Gasteiger partial charge in [0.1, 0.15) is 5.54 Å². The molecule has 0 spiro atoms. The van der Waals surface area contributed by atoms with Crippen LogP contribution in [0.4, 0.5) is 10.5 Å². The van der Waals surface area contributed by atoms with E-state index < -0.39 is 11.5 Å². The van der Waals surface area contributed by atoms with Crippen molar-refractivity contribution in [3.8, 4) is 0 Å². The molecule has 1 unspecified atom stereocenters. The van der Waals surface area contributed by atoms with Gasteiger partial charge in [-0.3, -0.25) is 4.98 Å². The van der Waals surface area contributed by atoms with Crippen molar-refractivity contribution in [2.75, 3.05) is 11.9 Å². The lowest BCUT2D eigenvalue weighted by Crippen LogP contribution is -2.54. The van der Waals surface area contributed by atoms with Crippen LogP contribution in [0.2, 0.25) is 0 Å². The normalized spacial score (nSPS) is 21.8. The number of hydrogen-bond acceptors (Lipinski definition) is 3. The Morgan fingerprint density at radius 1 is 1.55 bits per heavy atom. The van der Waals surface area contributed by atoms with Gasteiger partial charge in [-0.05, 0) is 31.4 Å². The highest BCUT2D eigenvalue weighted by molar-refractivity contribution is 5.94. The molecule has 2 rings (SSSR count). The highest BCUT2D eigenvalue weighted by Crippen LogP contribution is 2.34. The number of carbonyl (C=O) groups is 2. The van der Waals surface area contributed by atoms with Gasteiger partial charge >= 0.3 is 12.0 Å². The molecule has 6 heteroatoms. The van der Waals surface area contributed by atoms with Crippen LogP contribution in [-0.4, -0.2) is 39.1 Å². The number of rotatable bonds is 4. The molecular formula is C14H19N3O3. The van der Waals surface area contributed by atoms with Gasteiger partial charge in [0.25, 0.3) is 0 Å². The predicted octanol–water partition coefficient (Wildman–Crippen LogP) is 2.33. The third-order valence-electron chi connectivity index (χ3n) is 3.71. The number of likely N-dealkylation sites (tertiary alicyclic amines) is 1.